The molecule has 0 saturated heterocycles. The van der Waals surface area contributed by atoms with Crippen LogP contribution < -0.4 is 10.1 Å². The molecule has 0 aromatic heterocycles. The van der Waals surface area contributed by atoms with E-state index < -0.39 is 6.09 Å². The molecule has 0 heterocycles. The van der Waals surface area contributed by atoms with E-state index in [1.807, 2.05) is 44.1 Å². The first-order valence-corrected chi connectivity index (χ1v) is 5.16. The van der Waals surface area contributed by atoms with Crippen molar-refractivity contribution in [1.29, 1.82) is 0 Å². The van der Waals surface area contributed by atoms with Gasteiger partial charge in [0, 0.05) is 19.2 Å². The Labute approximate surface area is 96.2 Å². The lowest BCUT2D eigenvalue weighted by Gasteiger charge is -2.14. The van der Waals surface area contributed by atoms with Gasteiger partial charge >= 0.3 is 6.09 Å². The number of carbonyl (C=O) groups excluding carboxylic acids is 1. The molecule has 1 rings (SSSR count). The molecule has 1 aromatic rings. The number of ether oxygens (including phenoxy) is 1. The maximum Gasteiger partial charge on any atom is 0.412 e. The Bertz CT molecular complexity index is 375. The molecule has 0 unspecified atom stereocenters. The summed E-state index contributed by atoms with van der Waals surface area (Å²) in [7, 11) is 5.50. The normalized spacial score (nSPS) is 10.3. The van der Waals surface area contributed by atoms with Gasteiger partial charge < -0.3 is 15.0 Å². The number of aryl methyl sites for hydroxylation is 1. The highest BCUT2D eigenvalue weighted by Crippen LogP contribution is 2.21. The van der Waals surface area contributed by atoms with Gasteiger partial charge in [0.05, 0.1) is 0 Å². The second kappa shape index (κ2) is 5.51. The molecule has 0 aliphatic heterocycles. The van der Waals surface area contributed by atoms with E-state index in [-0.39, 0.29) is 0 Å². The standard InChI is InChI=1S/C12H18N2O2/c1-9-5-6-11(16-12(15)13-2)10(7-9)8-14(3)4/h5-7H,8H2,1-4H3,(H,13,15). The lowest BCUT2D eigenvalue weighted by atomic mass is 10.1. The predicted molar refractivity (Wildman–Crippen MR) is 63.7 cm³/mol. The van der Waals surface area contributed by atoms with Crippen LogP contribution in [0.5, 0.6) is 5.75 Å². The van der Waals surface area contributed by atoms with Crippen LogP contribution in [-0.4, -0.2) is 32.1 Å². The Hall–Kier alpha value is -1.55. The van der Waals surface area contributed by atoms with Crippen molar-refractivity contribution >= 4 is 6.09 Å². The van der Waals surface area contributed by atoms with Crippen molar-refractivity contribution in [1.82, 2.24) is 10.2 Å². The monoisotopic (exact) mass is 222 g/mol. The molecule has 1 N–H and O–H groups in total. The van der Waals surface area contributed by atoms with Crippen LogP contribution in [0.4, 0.5) is 4.79 Å². The molecule has 0 aliphatic carbocycles. The number of benzene rings is 1. The average molecular weight is 222 g/mol. The van der Waals surface area contributed by atoms with E-state index in [1.165, 1.54) is 0 Å². The van der Waals surface area contributed by atoms with Crippen LogP contribution >= 0.6 is 0 Å². The first kappa shape index (κ1) is 12.5. The second-order valence-corrected chi connectivity index (χ2v) is 3.99. The van der Waals surface area contributed by atoms with Crippen LogP contribution in [-0.2, 0) is 6.54 Å². The average Bonchev–Trinajstić information content (AvgIpc) is 2.21. The highest BCUT2D eigenvalue weighted by atomic mass is 16.6. The van der Waals surface area contributed by atoms with Gasteiger partial charge in [-0.3, -0.25) is 0 Å². The van der Waals surface area contributed by atoms with Gasteiger partial charge in [-0.25, -0.2) is 4.79 Å². The summed E-state index contributed by atoms with van der Waals surface area (Å²) in [5.41, 5.74) is 2.16. The molecule has 0 atom stereocenters. The van der Waals surface area contributed by atoms with Gasteiger partial charge in [-0.2, -0.15) is 0 Å². The minimum absolute atomic E-state index is 0.441. The summed E-state index contributed by atoms with van der Waals surface area (Å²) in [4.78, 5) is 13.2. The number of rotatable bonds is 3. The number of nitrogens with one attached hydrogen (secondary N) is 1. The molecule has 16 heavy (non-hydrogen) atoms. The van der Waals surface area contributed by atoms with Gasteiger partial charge in [0.25, 0.3) is 0 Å². The lowest BCUT2D eigenvalue weighted by Crippen LogP contribution is -2.23. The summed E-state index contributed by atoms with van der Waals surface area (Å²) in [5, 5.41) is 2.43. The van der Waals surface area contributed by atoms with Crippen LogP contribution in [0.1, 0.15) is 11.1 Å². The van der Waals surface area contributed by atoms with Gasteiger partial charge in [-0.15, -0.1) is 0 Å². The molecule has 1 amide bonds. The van der Waals surface area contributed by atoms with Gasteiger partial charge in [-0.05, 0) is 27.1 Å². The van der Waals surface area contributed by atoms with Crippen molar-refractivity contribution in [3.8, 4) is 5.75 Å². The maximum absolute atomic E-state index is 11.2. The predicted octanol–water partition coefficient (Wildman–Crippen LogP) is 1.77. The third kappa shape index (κ3) is 3.55. The molecule has 88 valence electrons. The highest BCUT2D eigenvalue weighted by Gasteiger charge is 2.08. The van der Waals surface area contributed by atoms with Crippen LogP contribution in [0.25, 0.3) is 0 Å². The molecule has 0 spiro atoms. The molecular weight excluding hydrogens is 204 g/mol. The number of hydrogen-bond donors (Lipinski definition) is 1. The van der Waals surface area contributed by atoms with Crippen molar-refractivity contribution in [3.63, 3.8) is 0 Å². The van der Waals surface area contributed by atoms with E-state index in [2.05, 4.69) is 5.32 Å². The fourth-order valence-electron chi connectivity index (χ4n) is 1.42. The van der Waals surface area contributed by atoms with Crippen molar-refractivity contribution in [2.45, 2.75) is 13.5 Å². The zero-order valence-electron chi connectivity index (χ0n) is 10.2. The van der Waals surface area contributed by atoms with Crippen LogP contribution in [0.2, 0.25) is 0 Å². The van der Waals surface area contributed by atoms with Crippen LogP contribution in [0, 0.1) is 6.92 Å². The number of nitrogens with zero attached hydrogens (tertiary/aromatic N) is 1. The fourth-order valence-corrected chi connectivity index (χ4v) is 1.42. The van der Waals surface area contributed by atoms with Crippen molar-refractivity contribution in [3.05, 3.63) is 29.3 Å². The highest BCUT2D eigenvalue weighted by molar-refractivity contribution is 5.70. The van der Waals surface area contributed by atoms with E-state index in [0.29, 0.717) is 5.75 Å². The first-order valence-electron chi connectivity index (χ1n) is 5.16. The number of hydrogen-bond acceptors (Lipinski definition) is 3. The molecule has 0 aliphatic rings. The smallest absolute Gasteiger partial charge is 0.410 e. The third-order valence-corrected chi connectivity index (χ3v) is 2.11. The molecular formula is C12H18N2O2. The molecule has 0 bridgehead atoms. The first-order chi connectivity index (χ1) is 7.52. The van der Waals surface area contributed by atoms with Crippen molar-refractivity contribution < 1.29 is 9.53 Å². The third-order valence-electron chi connectivity index (χ3n) is 2.11. The summed E-state index contributed by atoms with van der Waals surface area (Å²) in [5.74, 6) is 0.610. The summed E-state index contributed by atoms with van der Waals surface area (Å²) >= 11 is 0. The minimum Gasteiger partial charge on any atom is -0.410 e. The van der Waals surface area contributed by atoms with Crippen molar-refractivity contribution in [2.24, 2.45) is 0 Å². The van der Waals surface area contributed by atoms with E-state index >= 15 is 0 Å². The summed E-state index contributed by atoms with van der Waals surface area (Å²) < 4.78 is 5.17. The van der Waals surface area contributed by atoms with E-state index in [4.69, 9.17) is 4.74 Å². The molecule has 0 fully saturated rings. The van der Waals surface area contributed by atoms with E-state index in [1.54, 1.807) is 7.05 Å². The van der Waals surface area contributed by atoms with Gasteiger partial charge in [0.2, 0.25) is 0 Å². The summed E-state index contributed by atoms with van der Waals surface area (Å²) in [6.07, 6.45) is -0.441. The number of amides is 1. The lowest BCUT2D eigenvalue weighted by molar-refractivity contribution is 0.202. The van der Waals surface area contributed by atoms with Gasteiger partial charge in [0.1, 0.15) is 5.75 Å². The molecule has 0 radical (unpaired) electrons. The Morgan fingerprint density at radius 1 is 1.44 bits per heavy atom. The summed E-state index contributed by atoms with van der Waals surface area (Å²) in [6.45, 7) is 2.76. The Balaban J connectivity index is 2.93. The molecule has 4 nitrogen and oxygen atoms in total. The Morgan fingerprint density at radius 3 is 2.69 bits per heavy atom. The zero-order chi connectivity index (χ0) is 12.1. The Morgan fingerprint density at radius 2 is 2.12 bits per heavy atom. The minimum atomic E-state index is -0.441. The molecule has 0 saturated carbocycles. The zero-order valence-corrected chi connectivity index (χ0v) is 10.2. The fraction of sp³-hybridized carbons (Fsp3) is 0.417. The maximum atomic E-state index is 11.2. The summed E-state index contributed by atoms with van der Waals surface area (Å²) in [6, 6.07) is 5.78. The SMILES string of the molecule is CNC(=O)Oc1ccc(C)cc1CN(C)C. The second-order valence-electron chi connectivity index (χ2n) is 3.99. The largest absolute Gasteiger partial charge is 0.412 e. The number of carbonyl (C=O) groups is 1. The quantitative estimate of drug-likeness (QED) is 0.847. The van der Waals surface area contributed by atoms with Crippen molar-refractivity contribution in [2.75, 3.05) is 21.1 Å². The molecule has 4 heteroatoms. The van der Waals surface area contributed by atoms with E-state index in [0.717, 1.165) is 17.7 Å². The topological polar surface area (TPSA) is 41.6 Å². The molecule has 1 aromatic carbocycles. The van der Waals surface area contributed by atoms with Crippen LogP contribution in [0.15, 0.2) is 18.2 Å². The van der Waals surface area contributed by atoms with Gasteiger partial charge in [-0.1, -0.05) is 17.7 Å². The Kier molecular flexibility index (Phi) is 4.31. The van der Waals surface area contributed by atoms with Gasteiger partial charge in [0.15, 0.2) is 0 Å². The van der Waals surface area contributed by atoms with Crippen LogP contribution in [0.3, 0.4) is 0 Å². The van der Waals surface area contributed by atoms with E-state index in [9.17, 15) is 4.79 Å².